The molecule has 1 aliphatic rings. The zero-order valence-corrected chi connectivity index (χ0v) is 10.4. The molecule has 0 saturated carbocycles. The Balaban J connectivity index is 2.79. The van der Waals surface area contributed by atoms with Crippen molar-refractivity contribution in [3.8, 4) is 0 Å². The summed E-state index contributed by atoms with van der Waals surface area (Å²) in [7, 11) is 3.05. The highest BCUT2D eigenvalue weighted by Gasteiger charge is 2.57. The Morgan fingerprint density at radius 2 is 1.56 bits per heavy atom. The van der Waals surface area contributed by atoms with Crippen LogP contribution in [0.4, 0.5) is 13.2 Å². The van der Waals surface area contributed by atoms with Crippen LogP contribution in [0.15, 0.2) is 0 Å². The second-order valence-electron chi connectivity index (χ2n) is 5.05. The van der Waals surface area contributed by atoms with E-state index in [2.05, 4.69) is 4.90 Å². The van der Waals surface area contributed by atoms with E-state index in [1.54, 1.807) is 0 Å². The van der Waals surface area contributed by atoms with Gasteiger partial charge in [-0.25, -0.2) is 0 Å². The van der Waals surface area contributed by atoms with Crippen molar-refractivity contribution < 1.29 is 13.2 Å². The van der Waals surface area contributed by atoms with Crippen LogP contribution >= 0.6 is 0 Å². The standard InChI is InChI=1S/C11H21F3N2/c1-9(2)16-7-5-10(6-8-16,15(3)4)11(12,13)14/h9H,5-8H2,1-4H3. The van der Waals surface area contributed by atoms with Crippen LogP contribution < -0.4 is 0 Å². The Labute approximate surface area is 95.4 Å². The van der Waals surface area contributed by atoms with E-state index in [1.807, 2.05) is 13.8 Å². The summed E-state index contributed by atoms with van der Waals surface area (Å²) in [5.74, 6) is 0. The Bertz CT molecular complexity index is 228. The van der Waals surface area contributed by atoms with E-state index in [1.165, 1.54) is 19.0 Å². The van der Waals surface area contributed by atoms with Gasteiger partial charge in [0.25, 0.3) is 0 Å². The molecule has 1 heterocycles. The fraction of sp³-hybridized carbons (Fsp3) is 1.00. The summed E-state index contributed by atoms with van der Waals surface area (Å²) in [6, 6.07) is 0.327. The normalized spacial score (nSPS) is 23.1. The van der Waals surface area contributed by atoms with Crippen molar-refractivity contribution in [1.82, 2.24) is 9.80 Å². The van der Waals surface area contributed by atoms with Crippen molar-refractivity contribution in [3.05, 3.63) is 0 Å². The molecule has 0 aliphatic carbocycles. The SMILES string of the molecule is CC(C)N1CCC(N(C)C)(C(F)(F)F)CC1. The average Bonchev–Trinajstić information content (AvgIpc) is 2.15. The zero-order chi connectivity index (χ0) is 12.6. The highest BCUT2D eigenvalue weighted by molar-refractivity contribution is 4.99. The predicted octanol–water partition coefficient (Wildman–Crippen LogP) is 2.35. The van der Waals surface area contributed by atoms with Crippen LogP contribution in [-0.2, 0) is 0 Å². The molecule has 0 spiro atoms. The van der Waals surface area contributed by atoms with E-state index in [-0.39, 0.29) is 12.8 Å². The minimum Gasteiger partial charge on any atom is -0.301 e. The van der Waals surface area contributed by atoms with Gasteiger partial charge in [0.15, 0.2) is 0 Å². The Kier molecular flexibility index (Phi) is 3.90. The predicted molar refractivity (Wildman–Crippen MR) is 58.4 cm³/mol. The van der Waals surface area contributed by atoms with Crippen molar-refractivity contribution in [2.75, 3.05) is 27.2 Å². The fourth-order valence-electron chi connectivity index (χ4n) is 2.39. The first kappa shape index (κ1) is 13.8. The number of likely N-dealkylation sites (tertiary alicyclic amines) is 1. The van der Waals surface area contributed by atoms with Gasteiger partial charge >= 0.3 is 6.18 Å². The quantitative estimate of drug-likeness (QED) is 0.728. The summed E-state index contributed by atoms with van der Waals surface area (Å²) in [5, 5.41) is 0. The molecule has 1 aliphatic heterocycles. The number of alkyl halides is 3. The molecular formula is C11H21F3N2. The molecule has 0 amide bonds. The van der Waals surface area contributed by atoms with Crippen molar-refractivity contribution in [2.24, 2.45) is 0 Å². The molecule has 0 radical (unpaired) electrons. The summed E-state index contributed by atoms with van der Waals surface area (Å²) in [4.78, 5) is 3.44. The topological polar surface area (TPSA) is 6.48 Å². The van der Waals surface area contributed by atoms with Gasteiger partial charge in [0, 0.05) is 19.1 Å². The maximum absolute atomic E-state index is 13.1. The number of hydrogen-bond donors (Lipinski definition) is 0. The Morgan fingerprint density at radius 1 is 1.12 bits per heavy atom. The minimum atomic E-state index is -4.14. The third-order valence-electron chi connectivity index (χ3n) is 3.74. The lowest BCUT2D eigenvalue weighted by Crippen LogP contribution is -2.61. The van der Waals surface area contributed by atoms with Gasteiger partial charge in [-0.3, -0.25) is 4.90 Å². The minimum absolute atomic E-state index is 0.168. The van der Waals surface area contributed by atoms with Gasteiger partial charge in [-0.1, -0.05) is 0 Å². The van der Waals surface area contributed by atoms with Crippen molar-refractivity contribution in [3.63, 3.8) is 0 Å². The van der Waals surface area contributed by atoms with Gasteiger partial charge in [0.2, 0.25) is 0 Å². The molecule has 1 rings (SSSR count). The molecule has 0 bridgehead atoms. The summed E-state index contributed by atoms with van der Waals surface area (Å²) in [5.41, 5.74) is -1.63. The molecule has 96 valence electrons. The number of halogens is 3. The maximum atomic E-state index is 13.1. The molecule has 0 N–H and O–H groups in total. The highest BCUT2D eigenvalue weighted by atomic mass is 19.4. The van der Waals surface area contributed by atoms with Gasteiger partial charge in [-0.2, -0.15) is 13.2 Å². The van der Waals surface area contributed by atoms with E-state index in [0.29, 0.717) is 19.1 Å². The van der Waals surface area contributed by atoms with Gasteiger partial charge in [-0.05, 0) is 40.8 Å². The lowest BCUT2D eigenvalue weighted by Gasteiger charge is -2.47. The van der Waals surface area contributed by atoms with Crippen LogP contribution in [0, 0.1) is 0 Å². The van der Waals surface area contributed by atoms with Crippen molar-refractivity contribution in [2.45, 2.75) is 44.4 Å². The third-order valence-corrected chi connectivity index (χ3v) is 3.74. The van der Waals surface area contributed by atoms with E-state index >= 15 is 0 Å². The molecule has 0 aromatic rings. The summed E-state index contributed by atoms with van der Waals surface area (Å²) >= 11 is 0. The molecule has 0 unspecified atom stereocenters. The largest absolute Gasteiger partial charge is 0.406 e. The van der Waals surface area contributed by atoms with Crippen LogP contribution in [0.3, 0.4) is 0 Å². The lowest BCUT2D eigenvalue weighted by molar-refractivity contribution is -0.238. The van der Waals surface area contributed by atoms with Crippen molar-refractivity contribution >= 4 is 0 Å². The Morgan fingerprint density at radius 3 is 1.81 bits per heavy atom. The molecule has 5 heteroatoms. The first-order valence-corrected chi connectivity index (χ1v) is 5.69. The molecule has 16 heavy (non-hydrogen) atoms. The number of rotatable bonds is 2. The fourth-order valence-corrected chi connectivity index (χ4v) is 2.39. The monoisotopic (exact) mass is 238 g/mol. The van der Waals surface area contributed by atoms with E-state index in [4.69, 9.17) is 0 Å². The van der Waals surface area contributed by atoms with Gasteiger partial charge < -0.3 is 4.90 Å². The summed E-state index contributed by atoms with van der Waals surface area (Å²) in [6.45, 7) is 5.09. The molecule has 0 aromatic heterocycles. The summed E-state index contributed by atoms with van der Waals surface area (Å²) < 4.78 is 39.3. The zero-order valence-electron chi connectivity index (χ0n) is 10.4. The van der Waals surface area contributed by atoms with E-state index in [9.17, 15) is 13.2 Å². The molecule has 0 atom stereocenters. The van der Waals surface area contributed by atoms with E-state index < -0.39 is 11.7 Å². The first-order chi connectivity index (χ1) is 7.21. The molecular weight excluding hydrogens is 217 g/mol. The van der Waals surface area contributed by atoms with E-state index in [0.717, 1.165) is 0 Å². The van der Waals surface area contributed by atoms with Gasteiger partial charge in [0.1, 0.15) is 5.54 Å². The van der Waals surface area contributed by atoms with Crippen molar-refractivity contribution in [1.29, 1.82) is 0 Å². The number of nitrogens with zero attached hydrogens (tertiary/aromatic N) is 2. The summed E-state index contributed by atoms with van der Waals surface area (Å²) in [6.07, 6.45) is -3.80. The second kappa shape index (κ2) is 4.53. The molecule has 1 fully saturated rings. The maximum Gasteiger partial charge on any atom is 0.406 e. The molecule has 2 nitrogen and oxygen atoms in total. The lowest BCUT2D eigenvalue weighted by atomic mass is 9.85. The Hall–Kier alpha value is -0.290. The second-order valence-corrected chi connectivity index (χ2v) is 5.05. The molecule has 0 aromatic carbocycles. The van der Waals surface area contributed by atoms with Crippen LogP contribution in [-0.4, -0.2) is 54.7 Å². The first-order valence-electron chi connectivity index (χ1n) is 5.69. The highest BCUT2D eigenvalue weighted by Crippen LogP contribution is 2.42. The van der Waals surface area contributed by atoms with Crippen LogP contribution in [0.5, 0.6) is 0 Å². The number of hydrogen-bond acceptors (Lipinski definition) is 2. The smallest absolute Gasteiger partial charge is 0.301 e. The van der Waals surface area contributed by atoms with Crippen LogP contribution in [0.1, 0.15) is 26.7 Å². The average molecular weight is 238 g/mol. The third kappa shape index (κ3) is 2.35. The molecule has 1 saturated heterocycles. The van der Waals surface area contributed by atoms with Crippen LogP contribution in [0.2, 0.25) is 0 Å². The van der Waals surface area contributed by atoms with Crippen LogP contribution in [0.25, 0.3) is 0 Å². The van der Waals surface area contributed by atoms with Gasteiger partial charge in [0.05, 0.1) is 0 Å². The number of piperidine rings is 1. The van der Waals surface area contributed by atoms with Gasteiger partial charge in [-0.15, -0.1) is 0 Å².